The number of nitrogens with zero attached hydrogens (tertiary/aromatic N) is 2. The Morgan fingerprint density at radius 2 is 1.94 bits per heavy atom. The molecular formula is C23H20ClN3O4S. The lowest BCUT2D eigenvalue weighted by molar-refractivity contribution is -0.140. The molecule has 0 aliphatic heterocycles. The molecule has 0 radical (unpaired) electrons. The van der Waals surface area contributed by atoms with Gasteiger partial charge in [0.05, 0.1) is 18.4 Å². The lowest BCUT2D eigenvalue weighted by Gasteiger charge is -2.10. The van der Waals surface area contributed by atoms with Crippen LogP contribution in [0, 0.1) is 0 Å². The van der Waals surface area contributed by atoms with Crippen molar-refractivity contribution in [3.05, 3.63) is 78.2 Å². The van der Waals surface area contributed by atoms with Crippen LogP contribution in [-0.4, -0.2) is 31.0 Å². The summed E-state index contributed by atoms with van der Waals surface area (Å²) in [6.45, 7) is 0.430. The van der Waals surface area contributed by atoms with Gasteiger partial charge in [0.25, 0.3) is 10.0 Å². The first kappa shape index (κ1) is 21.9. The number of hydrogen-bond acceptors (Lipinski definition) is 5. The zero-order chi connectivity index (χ0) is 22.7. The van der Waals surface area contributed by atoms with Crippen LogP contribution in [0.15, 0.2) is 78.1 Å². The number of aromatic nitrogens is 2. The van der Waals surface area contributed by atoms with Gasteiger partial charge >= 0.3 is 5.97 Å². The second kappa shape index (κ2) is 9.02. The Bertz CT molecular complexity index is 1370. The molecule has 0 spiro atoms. The Balaban J connectivity index is 1.74. The highest BCUT2D eigenvalue weighted by molar-refractivity contribution is 7.92. The smallest absolute Gasteiger partial charge is 0.307 e. The van der Waals surface area contributed by atoms with Gasteiger partial charge in [-0.05, 0) is 48.5 Å². The molecule has 0 saturated heterocycles. The summed E-state index contributed by atoms with van der Waals surface area (Å²) in [4.78, 5) is 15.9. The maximum atomic E-state index is 12.8. The Labute approximate surface area is 190 Å². The number of esters is 1. The van der Waals surface area contributed by atoms with Crippen molar-refractivity contribution in [2.75, 3.05) is 11.8 Å². The molecule has 0 bridgehead atoms. The number of rotatable bonds is 7. The van der Waals surface area contributed by atoms with Crippen molar-refractivity contribution in [2.45, 2.75) is 17.9 Å². The van der Waals surface area contributed by atoms with Crippen molar-refractivity contribution in [1.82, 2.24) is 9.55 Å². The van der Waals surface area contributed by atoms with Crippen LogP contribution in [0.3, 0.4) is 0 Å². The quantitative estimate of drug-likeness (QED) is 0.395. The molecule has 4 rings (SSSR count). The molecular weight excluding hydrogens is 450 g/mol. The van der Waals surface area contributed by atoms with Gasteiger partial charge in [-0.15, -0.1) is 0 Å². The maximum Gasteiger partial charge on any atom is 0.307 e. The molecule has 164 valence electrons. The molecule has 0 fully saturated rings. The van der Waals surface area contributed by atoms with Crippen molar-refractivity contribution in [2.24, 2.45) is 0 Å². The van der Waals surface area contributed by atoms with E-state index in [2.05, 4.69) is 9.71 Å². The Morgan fingerprint density at radius 1 is 1.16 bits per heavy atom. The van der Waals surface area contributed by atoms with E-state index in [1.54, 1.807) is 24.5 Å². The van der Waals surface area contributed by atoms with E-state index in [9.17, 15) is 13.2 Å². The SMILES string of the molecule is COC(=O)CCn1cc(-c2cccnc2)c2cc(NS(=O)(=O)c3ccc(Cl)cc3)ccc21. The second-order valence-electron chi connectivity index (χ2n) is 7.10. The summed E-state index contributed by atoms with van der Waals surface area (Å²) in [5.74, 6) is -0.304. The number of carbonyl (C=O) groups excluding carboxylic acids is 1. The van der Waals surface area contributed by atoms with Crippen molar-refractivity contribution in [1.29, 1.82) is 0 Å². The third kappa shape index (κ3) is 4.61. The Hall–Kier alpha value is -3.36. The van der Waals surface area contributed by atoms with Gasteiger partial charge in [0.15, 0.2) is 0 Å². The molecule has 9 heteroatoms. The average molecular weight is 470 g/mol. The van der Waals surface area contributed by atoms with Gasteiger partial charge in [0, 0.05) is 57.9 Å². The van der Waals surface area contributed by atoms with E-state index in [1.165, 1.54) is 31.4 Å². The fraction of sp³-hybridized carbons (Fsp3) is 0.130. The zero-order valence-corrected chi connectivity index (χ0v) is 18.7. The number of pyridine rings is 1. The number of halogens is 1. The molecule has 4 aromatic rings. The topological polar surface area (TPSA) is 90.3 Å². The normalized spacial score (nSPS) is 11.4. The van der Waals surface area contributed by atoms with E-state index in [4.69, 9.17) is 16.3 Å². The highest BCUT2D eigenvalue weighted by Gasteiger charge is 2.17. The third-order valence-electron chi connectivity index (χ3n) is 5.01. The van der Waals surface area contributed by atoms with Crippen molar-refractivity contribution >= 4 is 44.2 Å². The number of fused-ring (bicyclic) bond motifs is 1. The summed E-state index contributed by atoms with van der Waals surface area (Å²) in [6.07, 6.45) is 5.58. The van der Waals surface area contributed by atoms with Gasteiger partial charge in [0.2, 0.25) is 0 Å². The number of ether oxygens (including phenoxy) is 1. The summed E-state index contributed by atoms with van der Waals surface area (Å²) in [5.41, 5.74) is 3.04. The summed E-state index contributed by atoms with van der Waals surface area (Å²) in [7, 11) is -2.43. The fourth-order valence-corrected chi connectivity index (χ4v) is 4.61. The van der Waals surface area contributed by atoms with Crippen molar-refractivity contribution in [3.63, 3.8) is 0 Å². The second-order valence-corrected chi connectivity index (χ2v) is 9.21. The Morgan fingerprint density at radius 3 is 2.62 bits per heavy atom. The monoisotopic (exact) mass is 469 g/mol. The number of methoxy groups -OCH3 is 1. The van der Waals surface area contributed by atoms with Crippen molar-refractivity contribution < 1.29 is 17.9 Å². The maximum absolute atomic E-state index is 12.8. The van der Waals surface area contributed by atoms with Crippen LogP contribution >= 0.6 is 11.6 Å². The van der Waals surface area contributed by atoms with E-state index >= 15 is 0 Å². The molecule has 0 unspecified atom stereocenters. The molecule has 7 nitrogen and oxygen atoms in total. The standard InChI is InChI=1S/C23H20ClN3O4S/c1-31-23(28)10-12-27-15-21(16-3-2-11-25-14-16)20-13-18(6-9-22(20)27)26-32(29,30)19-7-4-17(24)5-8-19/h2-9,11,13-15,26H,10,12H2,1H3. The number of carbonyl (C=O) groups is 1. The van der Waals surface area contributed by atoms with E-state index in [1.807, 2.05) is 29.0 Å². The molecule has 2 aromatic heterocycles. The number of benzene rings is 2. The van der Waals surface area contributed by atoms with Gasteiger partial charge in [-0.1, -0.05) is 17.7 Å². The summed E-state index contributed by atoms with van der Waals surface area (Å²) in [6, 6.07) is 15.0. The van der Waals surface area contributed by atoms with Crippen LogP contribution in [0.5, 0.6) is 0 Å². The molecule has 2 aromatic carbocycles. The molecule has 0 aliphatic rings. The van der Waals surface area contributed by atoms with E-state index in [0.717, 1.165) is 22.0 Å². The molecule has 1 N–H and O–H groups in total. The minimum Gasteiger partial charge on any atom is -0.469 e. The highest BCUT2D eigenvalue weighted by atomic mass is 35.5. The van der Waals surface area contributed by atoms with E-state index in [-0.39, 0.29) is 17.3 Å². The van der Waals surface area contributed by atoms with E-state index in [0.29, 0.717) is 17.3 Å². The number of aryl methyl sites for hydroxylation is 1. The molecule has 0 aliphatic carbocycles. The van der Waals surface area contributed by atoms with Gasteiger partial charge in [-0.3, -0.25) is 14.5 Å². The lowest BCUT2D eigenvalue weighted by Crippen LogP contribution is -2.12. The summed E-state index contributed by atoms with van der Waals surface area (Å²) in [5, 5.41) is 1.29. The Kier molecular flexibility index (Phi) is 6.16. The molecule has 0 atom stereocenters. The van der Waals surface area contributed by atoms with Gasteiger partial charge in [-0.2, -0.15) is 0 Å². The summed E-state index contributed by atoms with van der Waals surface area (Å²) < 4.78 is 34.9. The number of sulfonamides is 1. The predicted octanol–water partition coefficient (Wildman–Crippen LogP) is 4.72. The van der Waals surface area contributed by atoms with Crippen molar-refractivity contribution in [3.8, 4) is 11.1 Å². The lowest BCUT2D eigenvalue weighted by atomic mass is 10.1. The average Bonchev–Trinajstić information content (AvgIpc) is 3.16. The zero-order valence-electron chi connectivity index (χ0n) is 17.2. The van der Waals surface area contributed by atoms with E-state index < -0.39 is 10.0 Å². The number of hydrogen-bond donors (Lipinski definition) is 1. The molecule has 0 saturated carbocycles. The van der Waals surface area contributed by atoms with Crippen LogP contribution in [0.25, 0.3) is 22.0 Å². The summed E-state index contributed by atoms with van der Waals surface area (Å²) >= 11 is 5.87. The number of anilines is 1. The highest BCUT2D eigenvalue weighted by Crippen LogP contribution is 2.33. The van der Waals surface area contributed by atoms with Gasteiger partial charge in [-0.25, -0.2) is 8.42 Å². The predicted molar refractivity (Wildman–Crippen MR) is 124 cm³/mol. The third-order valence-corrected chi connectivity index (χ3v) is 6.66. The minimum absolute atomic E-state index is 0.116. The van der Waals surface area contributed by atoms with Crippen LogP contribution in [-0.2, 0) is 26.1 Å². The molecule has 2 heterocycles. The van der Waals surface area contributed by atoms with Crippen LogP contribution < -0.4 is 4.72 Å². The van der Waals surface area contributed by atoms with Gasteiger partial charge in [0.1, 0.15) is 0 Å². The van der Waals surface area contributed by atoms with Crippen LogP contribution in [0.4, 0.5) is 5.69 Å². The first-order valence-electron chi connectivity index (χ1n) is 9.76. The molecule has 32 heavy (non-hydrogen) atoms. The first-order valence-corrected chi connectivity index (χ1v) is 11.6. The number of nitrogens with one attached hydrogen (secondary N) is 1. The minimum atomic E-state index is -3.78. The fourth-order valence-electron chi connectivity index (χ4n) is 3.44. The largest absolute Gasteiger partial charge is 0.469 e. The van der Waals surface area contributed by atoms with Crippen LogP contribution in [0.1, 0.15) is 6.42 Å². The van der Waals surface area contributed by atoms with Crippen LogP contribution in [0.2, 0.25) is 5.02 Å². The van der Waals surface area contributed by atoms with Gasteiger partial charge < -0.3 is 9.30 Å². The molecule has 0 amide bonds. The first-order chi connectivity index (χ1) is 15.4.